The molecule has 0 unspecified atom stereocenters. The van der Waals surface area contributed by atoms with E-state index in [-0.39, 0.29) is 13.0 Å². The average molecular weight is 514 g/mol. The monoisotopic (exact) mass is 513 g/mol. The molecule has 0 bridgehead atoms. The Balaban J connectivity index is 1.52. The number of nitrogens with zero attached hydrogens (tertiary/aromatic N) is 1. The zero-order valence-electron chi connectivity index (χ0n) is 21.0. The molecule has 38 heavy (non-hydrogen) atoms. The van der Waals surface area contributed by atoms with Crippen molar-refractivity contribution in [2.75, 3.05) is 29.3 Å². The Bertz CT molecular complexity index is 1370. The number of para-hydroxylation sites is 2. The van der Waals surface area contributed by atoms with Crippen molar-refractivity contribution in [3.8, 4) is 5.75 Å². The van der Waals surface area contributed by atoms with Crippen molar-refractivity contribution in [2.24, 2.45) is 0 Å². The molecular formula is C29H27N3O6. The summed E-state index contributed by atoms with van der Waals surface area (Å²) in [6.07, 6.45) is 2.73. The van der Waals surface area contributed by atoms with Gasteiger partial charge in [0.2, 0.25) is 11.8 Å². The maximum Gasteiger partial charge on any atom is 0.338 e. The number of carbonyl (C=O) groups excluding carboxylic acids is 4. The van der Waals surface area contributed by atoms with Crippen LogP contribution in [0.4, 0.5) is 17.1 Å². The zero-order valence-corrected chi connectivity index (χ0v) is 21.0. The summed E-state index contributed by atoms with van der Waals surface area (Å²) in [4.78, 5) is 52.5. The number of fused-ring (bicyclic) bond motifs is 1. The van der Waals surface area contributed by atoms with Crippen LogP contribution in [0.1, 0.15) is 29.3 Å². The Morgan fingerprint density at radius 2 is 1.71 bits per heavy atom. The van der Waals surface area contributed by atoms with Gasteiger partial charge in [0.15, 0.2) is 0 Å². The Kier molecular flexibility index (Phi) is 8.17. The minimum Gasteiger partial charge on any atom is -0.497 e. The van der Waals surface area contributed by atoms with E-state index in [9.17, 15) is 19.2 Å². The van der Waals surface area contributed by atoms with E-state index < -0.39 is 29.7 Å². The fourth-order valence-electron chi connectivity index (χ4n) is 4.00. The summed E-state index contributed by atoms with van der Waals surface area (Å²) in [5.74, 6) is -1.15. The number of anilines is 3. The zero-order chi connectivity index (χ0) is 27.1. The van der Waals surface area contributed by atoms with Crippen molar-refractivity contribution >= 4 is 46.8 Å². The molecule has 9 nitrogen and oxygen atoms in total. The summed E-state index contributed by atoms with van der Waals surface area (Å²) >= 11 is 0. The Morgan fingerprint density at radius 3 is 2.39 bits per heavy atom. The number of hydrogen-bond acceptors (Lipinski definition) is 6. The van der Waals surface area contributed by atoms with Crippen LogP contribution in [0.2, 0.25) is 0 Å². The highest BCUT2D eigenvalue weighted by Gasteiger charge is 2.37. The highest BCUT2D eigenvalue weighted by atomic mass is 16.5. The highest BCUT2D eigenvalue weighted by Crippen LogP contribution is 2.33. The fourth-order valence-corrected chi connectivity index (χ4v) is 4.00. The fraction of sp³-hybridized carbons (Fsp3) is 0.172. The number of amides is 3. The van der Waals surface area contributed by atoms with Gasteiger partial charge in [-0.25, -0.2) is 4.79 Å². The van der Waals surface area contributed by atoms with Gasteiger partial charge in [-0.05, 0) is 67.1 Å². The number of hydrogen-bond donors (Lipinski definition) is 2. The predicted molar refractivity (Wildman–Crippen MR) is 144 cm³/mol. The molecule has 2 N–H and O–H groups in total. The Morgan fingerprint density at radius 1 is 1.00 bits per heavy atom. The highest BCUT2D eigenvalue weighted by molar-refractivity contribution is 6.16. The van der Waals surface area contributed by atoms with Crippen molar-refractivity contribution in [1.82, 2.24) is 0 Å². The van der Waals surface area contributed by atoms with Crippen LogP contribution < -0.4 is 20.3 Å². The summed E-state index contributed by atoms with van der Waals surface area (Å²) in [5.41, 5.74) is 2.54. The Labute approximate surface area is 220 Å². The topological polar surface area (TPSA) is 114 Å². The van der Waals surface area contributed by atoms with E-state index >= 15 is 0 Å². The van der Waals surface area contributed by atoms with Gasteiger partial charge in [-0.15, -0.1) is 0 Å². The second kappa shape index (κ2) is 11.9. The van der Waals surface area contributed by atoms with Gasteiger partial charge in [0.05, 0.1) is 37.1 Å². The molecule has 0 aliphatic carbocycles. The molecule has 0 radical (unpaired) electrons. The van der Waals surface area contributed by atoms with Crippen LogP contribution in [0.5, 0.6) is 5.75 Å². The molecule has 3 amide bonds. The van der Waals surface area contributed by atoms with Gasteiger partial charge in [0.25, 0.3) is 5.91 Å². The van der Waals surface area contributed by atoms with Crippen LogP contribution in [-0.4, -0.2) is 43.4 Å². The van der Waals surface area contributed by atoms with Crippen molar-refractivity contribution in [2.45, 2.75) is 19.4 Å². The number of esters is 1. The summed E-state index contributed by atoms with van der Waals surface area (Å²) in [6.45, 7) is 1.98. The third kappa shape index (κ3) is 6.07. The van der Waals surface area contributed by atoms with Gasteiger partial charge < -0.3 is 20.1 Å². The van der Waals surface area contributed by atoms with Crippen LogP contribution in [0.3, 0.4) is 0 Å². The molecule has 1 atom stereocenters. The first-order valence-electron chi connectivity index (χ1n) is 12.0. The molecule has 1 aliphatic heterocycles. The van der Waals surface area contributed by atoms with Crippen molar-refractivity contribution in [3.05, 3.63) is 90.0 Å². The lowest BCUT2D eigenvalue weighted by Crippen LogP contribution is -2.52. The van der Waals surface area contributed by atoms with Crippen LogP contribution in [0.25, 0.3) is 6.08 Å². The van der Waals surface area contributed by atoms with Crippen LogP contribution in [0.15, 0.2) is 78.9 Å². The van der Waals surface area contributed by atoms with Gasteiger partial charge >= 0.3 is 5.97 Å². The minimum atomic E-state index is -1.07. The maximum atomic E-state index is 13.4. The first-order valence-corrected chi connectivity index (χ1v) is 12.0. The number of carbonyl (C=O) groups is 4. The average Bonchev–Trinajstić information content (AvgIpc) is 2.93. The van der Waals surface area contributed by atoms with E-state index in [1.165, 1.54) is 23.1 Å². The molecule has 0 saturated carbocycles. The number of nitrogens with one attached hydrogen (secondary N) is 2. The molecule has 0 fully saturated rings. The molecule has 3 aromatic carbocycles. The summed E-state index contributed by atoms with van der Waals surface area (Å²) < 4.78 is 10.1. The number of methoxy groups -OCH3 is 1. The van der Waals surface area contributed by atoms with Crippen LogP contribution in [0, 0.1) is 0 Å². The predicted octanol–water partition coefficient (Wildman–Crippen LogP) is 4.27. The minimum absolute atomic E-state index is 0.258. The summed E-state index contributed by atoms with van der Waals surface area (Å²) in [6, 6.07) is 19.2. The van der Waals surface area contributed by atoms with Gasteiger partial charge in [-0.2, -0.15) is 0 Å². The molecule has 1 heterocycles. The quantitative estimate of drug-likeness (QED) is 0.344. The second-order valence-corrected chi connectivity index (χ2v) is 8.39. The number of benzene rings is 3. The molecule has 0 saturated heterocycles. The standard InChI is InChI=1S/C29H27N3O6/c1-3-38-29(36)20-11-13-21(14-12-20)30-26(33)18-25-28(35)31-23-6-4-5-7-24(23)32(25)27(34)17-10-19-8-15-22(37-2)16-9-19/h4-17,25H,3,18H2,1-2H3,(H,30,33)(H,31,35)/b17-10+/t25-/m1/s1. The van der Waals surface area contributed by atoms with E-state index in [0.29, 0.717) is 28.4 Å². The van der Waals surface area contributed by atoms with Crippen LogP contribution >= 0.6 is 0 Å². The van der Waals surface area contributed by atoms with Gasteiger partial charge in [-0.1, -0.05) is 24.3 Å². The van der Waals surface area contributed by atoms with E-state index in [0.717, 1.165) is 5.56 Å². The summed E-state index contributed by atoms with van der Waals surface area (Å²) in [5, 5.41) is 5.50. The van der Waals surface area contributed by atoms with Gasteiger partial charge in [0.1, 0.15) is 11.8 Å². The molecular weight excluding hydrogens is 486 g/mol. The number of rotatable bonds is 8. The molecule has 4 rings (SSSR count). The van der Waals surface area contributed by atoms with Crippen molar-refractivity contribution in [1.29, 1.82) is 0 Å². The first kappa shape index (κ1) is 26.2. The lowest BCUT2D eigenvalue weighted by molar-refractivity contribution is -0.124. The van der Waals surface area contributed by atoms with Gasteiger partial charge in [-0.3, -0.25) is 19.3 Å². The lowest BCUT2D eigenvalue weighted by atomic mass is 10.0. The van der Waals surface area contributed by atoms with E-state index in [1.54, 1.807) is 80.8 Å². The molecule has 0 aromatic heterocycles. The molecule has 3 aromatic rings. The smallest absolute Gasteiger partial charge is 0.338 e. The normalized spacial score (nSPS) is 14.4. The van der Waals surface area contributed by atoms with Gasteiger partial charge in [0, 0.05) is 11.8 Å². The van der Waals surface area contributed by atoms with Crippen LogP contribution in [-0.2, 0) is 19.1 Å². The van der Waals surface area contributed by atoms with Crippen molar-refractivity contribution in [3.63, 3.8) is 0 Å². The van der Waals surface area contributed by atoms with Crippen molar-refractivity contribution < 1.29 is 28.7 Å². The third-order valence-electron chi connectivity index (χ3n) is 5.87. The molecule has 194 valence electrons. The van der Waals surface area contributed by atoms with E-state index in [4.69, 9.17) is 9.47 Å². The first-order chi connectivity index (χ1) is 18.4. The lowest BCUT2D eigenvalue weighted by Gasteiger charge is -2.35. The van der Waals surface area contributed by atoms with E-state index in [2.05, 4.69) is 10.6 Å². The van der Waals surface area contributed by atoms with E-state index in [1.807, 2.05) is 0 Å². The molecule has 1 aliphatic rings. The largest absolute Gasteiger partial charge is 0.497 e. The second-order valence-electron chi connectivity index (χ2n) is 8.39. The SMILES string of the molecule is CCOC(=O)c1ccc(NC(=O)C[C@@H]2C(=O)Nc3ccccc3N2C(=O)/C=C/c2ccc(OC)cc2)cc1. The third-order valence-corrected chi connectivity index (χ3v) is 5.87. The maximum absolute atomic E-state index is 13.4. The summed E-state index contributed by atoms with van der Waals surface area (Å²) in [7, 11) is 1.57. The molecule has 0 spiro atoms. The Hall–Kier alpha value is -4.92. The molecule has 9 heteroatoms. The number of ether oxygens (including phenoxy) is 2.